The zero-order valence-electron chi connectivity index (χ0n) is 18.0. The van der Waals surface area contributed by atoms with Crippen molar-refractivity contribution in [3.8, 4) is 0 Å². The highest BCUT2D eigenvalue weighted by atomic mass is 16.6. The van der Waals surface area contributed by atoms with Gasteiger partial charge in [0.05, 0.1) is 0 Å². The molecule has 158 valence electrons. The maximum absolute atomic E-state index is 12.2. The van der Waals surface area contributed by atoms with Gasteiger partial charge in [0.2, 0.25) is 11.8 Å². The van der Waals surface area contributed by atoms with E-state index in [1.165, 1.54) is 4.90 Å². The first kappa shape index (κ1) is 25.2. The molecule has 1 saturated carbocycles. The van der Waals surface area contributed by atoms with Crippen LogP contribution in [0.2, 0.25) is 0 Å². The van der Waals surface area contributed by atoms with Gasteiger partial charge in [0.15, 0.2) is 0 Å². The first-order valence-corrected chi connectivity index (χ1v) is 10.2. The van der Waals surface area contributed by atoms with E-state index in [2.05, 4.69) is 26.1 Å². The Hall–Kier alpha value is -1.79. The van der Waals surface area contributed by atoms with Crippen LogP contribution < -0.4 is 11.1 Å². The smallest absolute Gasteiger partial charge is 0.407 e. The molecule has 0 unspecified atom stereocenters. The van der Waals surface area contributed by atoms with E-state index in [-0.39, 0.29) is 18.6 Å². The van der Waals surface area contributed by atoms with Crippen molar-refractivity contribution >= 4 is 17.9 Å². The largest absolute Gasteiger partial charge is 0.446 e. The minimum Gasteiger partial charge on any atom is -0.446 e. The standard InChI is InChI=1S/C14H23N3O4.C4H10.C2H6/c1-14(12(15)19)7-4-8-17(14)11(18)9-16-13(20)21-10-5-2-3-6-10;1-4(2)3;1-2/h10H,2-9H2,1H3,(H2,15,19)(H,16,20);4H,1-3H3;1-2H3/t14-;;/m0../s1. The number of nitrogens with one attached hydrogen (secondary N) is 1. The molecule has 2 aliphatic rings. The number of alkyl carbamates (subject to hydrolysis) is 1. The lowest BCUT2D eigenvalue weighted by Crippen LogP contribution is -2.55. The lowest BCUT2D eigenvalue weighted by molar-refractivity contribution is -0.141. The van der Waals surface area contributed by atoms with E-state index in [1.807, 2.05) is 13.8 Å². The van der Waals surface area contributed by atoms with Crippen molar-refractivity contribution in [3.63, 3.8) is 0 Å². The second-order valence-corrected chi connectivity index (χ2v) is 7.68. The molecule has 2 rings (SSSR count). The average Bonchev–Trinajstić information content (AvgIpc) is 3.24. The van der Waals surface area contributed by atoms with E-state index < -0.39 is 17.5 Å². The van der Waals surface area contributed by atoms with Crippen LogP contribution in [0.5, 0.6) is 0 Å². The van der Waals surface area contributed by atoms with E-state index in [0.29, 0.717) is 13.0 Å². The minimum atomic E-state index is -0.950. The van der Waals surface area contributed by atoms with E-state index >= 15 is 0 Å². The molecule has 3 amide bonds. The summed E-state index contributed by atoms with van der Waals surface area (Å²) in [6, 6.07) is 0. The summed E-state index contributed by atoms with van der Waals surface area (Å²) in [5.41, 5.74) is 4.43. The highest BCUT2D eigenvalue weighted by Crippen LogP contribution is 2.28. The monoisotopic (exact) mass is 385 g/mol. The second kappa shape index (κ2) is 12.6. The van der Waals surface area contributed by atoms with Gasteiger partial charge in [-0.15, -0.1) is 0 Å². The van der Waals surface area contributed by atoms with Crippen LogP contribution in [-0.4, -0.2) is 47.5 Å². The van der Waals surface area contributed by atoms with Gasteiger partial charge in [-0.2, -0.15) is 0 Å². The van der Waals surface area contributed by atoms with Crippen LogP contribution in [0, 0.1) is 5.92 Å². The summed E-state index contributed by atoms with van der Waals surface area (Å²) in [6.07, 6.45) is 4.58. The number of hydrogen-bond acceptors (Lipinski definition) is 4. The molecule has 7 nitrogen and oxygen atoms in total. The molecule has 1 heterocycles. The van der Waals surface area contributed by atoms with E-state index in [1.54, 1.807) is 6.92 Å². The number of hydrogen-bond donors (Lipinski definition) is 2. The molecule has 1 saturated heterocycles. The Morgan fingerprint density at radius 1 is 1.15 bits per heavy atom. The van der Waals surface area contributed by atoms with Gasteiger partial charge in [-0.25, -0.2) is 4.79 Å². The highest BCUT2D eigenvalue weighted by molar-refractivity contribution is 5.92. The third-order valence-electron chi connectivity index (χ3n) is 4.43. The first-order valence-electron chi connectivity index (χ1n) is 10.2. The number of nitrogens with zero attached hydrogens (tertiary/aromatic N) is 1. The lowest BCUT2D eigenvalue weighted by atomic mass is 9.98. The van der Waals surface area contributed by atoms with Crippen LogP contribution >= 0.6 is 0 Å². The molecule has 0 radical (unpaired) electrons. The molecule has 0 bridgehead atoms. The van der Waals surface area contributed by atoms with Gasteiger partial charge in [0.1, 0.15) is 18.2 Å². The Bertz CT molecular complexity index is 473. The highest BCUT2D eigenvalue weighted by Gasteiger charge is 2.44. The Morgan fingerprint density at radius 3 is 2.15 bits per heavy atom. The fourth-order valence-electron chi connectivity index (χ4n) is 3.06. The van der Waals surface area contributed by atoms with Gasteiger partial charge in [-0.3, -0.25) is 9.59 Å². The number of carbonyl (C=O) groups is 3. The number of primary amides is 1. The Balaban J connectivity index is 0.000000998. The molecule has 1 aliphatic carbocycles. The number of nitrogens with two attached hydrogens (primary N) is 1. The number of likely N-dealkylation sites (tertiary alicyclic amines) is 1. The fraction of sp³-hybridized carbons (Fsp3) is 0.850. The molecule has 0 aromatic rings. The second-order valence-electron chi connectivity index (χ2n) is 7.68. The number of carbonyl (C=O) groups excluding carboxylic acids is 3. The third-order valence-corrected chi connectivity index (χ3v) is 4.43. The molecule has 3 N–H and O–H groups in total. The number of ether oxygens (including phenoxy) is 1. The first-order chi connectivity index (χ1) is 12.7. The molecule has 0 aromatic heterocycles. The summed E-state index contributed by atoms with van der Waals surface area (Å²) in [6.45, 7) is 12.5. The molecule has 1 aliphatic heterocycles. The maximum Gasteiger partial charge on any atom is 0.407 e. The summed E-state index contributed by atoms with van der Waals surface area (Å²) in [7, 11) is 0. The molecule has 2 fully saturated rings. The van der Waals surface area contributed by atoms with Gasteiger partial charge in [0.25, 0.3) is 0 Å². The lowest BCUT2D eigenvalue weighted by Gasteiger charge is -2.32. The van der Waals surface area contributed by atoms with Gasteiger partial charge < -0.3 is 20.7 Å². The predicted octanol–water partition coefficient (Wildman–Crippen LogP) is 3.21. The summed E-state index contributed by atoms with van der Waals surface area (Å²) >= 11 is 0. The van der Waals surface area contributed by atoms with Crippen molar-refractivity contribution in [1.29, 1.82) is 0 Å². The molecule has 0 aromatic carbocycles. The predicted molar refractivity (Wildman–Crippen MR) is 107 cm³/mol. The van der Waals surface area contributed by atoms with Crippen molar-refractivity contribution in [1.82, 2.24) is 10.2 Å². The fourth-order valence-corrected chi connectivity index (χ4v) is 3.06. The molecular formula is C20H39N3O4. The molecular weight excluding hydrogens is 346 g/mol. The van der Waals surface area contributed by atoms with E-state index in [4.69, 9.17) is 10.5 Å². The quantitative estimate of drug-likeness (QED) is 0.775. The summed E-state index contributed by atoms with van der Waals surface area (Å²) in [5.74, 6) is 0.0130. The summed E-state index contributed by atoms with van der Waals surface area (Å²) in [5, 5.41) is 2.46. The molecule has 1 atom stereocenters. The molecule has 7 heteroatoms. The van der Waals surface area contributed by atoms with Gasteiger partial charge in [0, 0.05) is 6.54 Å². The van der Waals surface area contributed by atoms with Crippen LogP contribution in [0.1, 0.15) is 80.1 Å². The zero-order valence-corrected chi connectivity index (χ0v) is 18.0. The van der Waals surface area contributed by atoms with E-state index in [0.717, 1.165) is 38.0 Å². The van der Waals surface area contributed by atoms with Crippen LogP contribution in [0.3, 0.4) is 0 Å². The van der Waals surface area contributed by atoms with Gasteiger partial charge in [-0.1, -0.05) is 34.6 Å². The van der Waals surface area contributed by atoms with Crippen molar-refractivity contribution < 1.29 is 19.1 Å². The summed E-state index contributed by atoms with van der Waals surface area (Å²) in [4.78, 5) is 36.7. The number of amides is 3. The van der Waals surface area contributed by atoms with Gasteiger partial charge >= 0.3 is 6.09 Å². The Labute approximate surface area is 164 Å². The van der Waals surface area contributed by atoms with Crippen LogP contribution in [0.15, 0.2) is 0 Å². The summed E-state index contributed by atoms with van der Waals surface area (Å²) < 4.78 is 5.21. The topological polar surface area (TPSA) is 102 Å². The third kappa shape index (κ3) is 8.63. The SMILES string of the molecule is CC.CC(C)C.C[C@@]1(C(N)=O)CCCN1C(=O)CNC(=O)OC1CCCC1. The van der Waals surface area contributed by atoms with Crippen LogP contribution in [-0.2, 0) is 14.3 Å². The number of rotatable bonds is 4. The van der Waals surface area contributed by atoms with Crippen molar-refractivity contribution in [3.05, 3.63) is 0 Å². The van der Waals surface area contributed by atoms with Crippen molar-refractivity contribution in [2.24, 2.45) is 11.7 Å². The van der Waals surface area contributed by atoms with Crippen LogP contribution in [0.4, 0.5) is 4.79 Å². The maximum atomic E-state index is 12.2. The van der Waals surface area contributed by atoms with E-state index in [9.17, 15) is 14.4 Å². The normalized spacial score (nSPS) is 21.7. The van der Waals surface area contributed by atoms with Crippen LogP contribution in [0.25, 0.3) is 0 Å². The minimum absolute atomic E-state index is 0.0391. The Morgan fingerprint density at radius 2 is 1.67 bits per heavy atom. The zero-order chi connectivity index (χ0) is 21.0. The van der Waals surface area contributed by atoms with Crippen molar-refractivity contribution in [2.45, 2.75) is 91.7 Å². The molecule has 0 spiro atoms. The van der Waals surface area contributed by atoms with Crippen molar-refractivity contribution in [2.75, 3.05) is 13.1 Å². The molecule has 27 heavy (non-hydrogen) atoms. The van der Waals surface area contributed by atoms with Gasteiger partial charge in [-0.05, 0) is 51.4 Å². The Kier molecular flexibility index (Phi) is 11.7. The average molecular weight is 386 g/mol.